The number of rotatable bonds is 1. The van der Waals surface area contributed by atoms with Gasteiger partial charge in [-0.05, 0) is 25.0 Å². The molecule has 0 aliphatic carbocycles. The molecule has 6 heteroatoms. The quantitative estimate of drug-likeness (QED) is 0.811. The number of aromatic nitrogens is 1. The molecule has 0 radical (unpaired) electrons. The molecule has 0 unspecified atom stereocenters. The number of carbonyl (C=O) groups excluding carboxylic acids is 2. The molecular weight excluding hydrogens is 256 g/mol. The van der Waals surface area contributed by atoms with E-state index in [0.717, 1.165) is 5.69 Å². The Labute approximate surface area is 116 Å². The lowest BCUT2D eigenvalue weighted by atomic mass is 9.73. The van der Waals surface area contributed by atoms with Gasteiger partial charge < -0.3 is 4.90 Å². The Balaban J connectivity index is 1.90. The lowest BCUT2D eigenvalue weighted by molar-refractivity contribution is -0.135. The minimum absolute atomic E-state index is 0.0505. The molecule has 1 N–H and O–H groups in total. The van der Waals surface area contributed by atoms with Gasteiger partial charge in [-0.25, -0.2) is 5.43 Å². The molecule has 3 heterocycles. The maximum absolute atomic E-state index is 12.3. The summed E-state index contributed by atoms with van der Waals surface area (Å²) in [4.78, 5) is 29.7. The van der Waals surface area contributed by atoms with Crippen molar-refractivity contribution >= 4 is 17.5 Å². The molecule has 0 atom stereocenters. The van der Waals surface area contributed by atoms with Gasteiger partial charge in [0.05, 0.1) is 5.69 Å². The molecule has 1 fully saturated rings. The predicted molar refractivity (Wildman–Crippen MR) is 72.8 cm³/mol. The van der Waals surface area contributed by atoms with Crippen molar-refractivity contribution in [3.05, 3.63) is 30.1 Å². The third-order valence-corrected chi connectivity index (χ3v) is 4.13. The molecule has 6 nitrogen and oxygen atoms in total. The van der Waals surface area contributed by atoms with E-state index in [2.05, 4.69) is 15.5 Å². The predicted octanol–water partition coefficient (Wildman–Crippen LogP) is 0.544. The molecule has 2 aliphatic rings. The summed E-state index contributed by atoms with van der Waals surface area (Å²) in [7, 11) is 0. The van der Waals surface area contributed by atoms with E-state index in [1.807, 2.05) is 18.2 Å². The van der Waals surface area contributed by atoms with Gasteiger partial charge in [0.15, 0.2) is 0 Å². The summed E-state index contributed by atoms with van der Waals surface area (Å²) in [5.74, 6) is -0.0315. The van der Waals surface area contributed by atoms with Gasteiger partial charge in [-0.1, -0.05) is 6.07 Å². The summed E-state index contributed by atoms with van der Waals surface area (Å²) < 4.78 is 0. The third kappa shape index (κ3) is 1.88. The van der Waals surface area contributed by atoms with Crippen molar-refractivity contribution in [2.24, 2.45) is 10.5 Å². The highest BCUT2D eigenvalue weighted by atomic mass is 16.2. The Morgan fingerprint density at radius 1 is 1.35 bits per heavy atom. The van der Waals surface area contributed by atoms with Gasteiger partial charge in [0.1, 0.15) is 11.1 Å². The van der Waals surface area contributed by atoms with Crippen LogP contribution in [0.1, 0.15) is 25.5 Å². The van der Waals surface area contributed by atoms with E-state index in [0.29, 0.717) is 31.6 Å². The smallest absolute Gasteiger partial charge is 0.252 e. The van der Waals surface area contributed by atoms with Gasteiger partial charge in [-0.2, -0.15) is 5.10 Å². The second kappa shape index (κ2) is 4.70. The van der Waals surface area contributed by atoms with E-state index in [-0.39, 0.29) is 11.8 Å². The molecule has 1 aromatic heterocycles. The average Bonchev–Trinajstić information content (AvgIpc) is 2.78. The van der Waals surface area contributed by atoms with Crippen molar-refractivity contribution in [3.8, 4) is 0 Å². The maximum atomic E-state index is 12.3. The number of pyridine rings is 1. The molecule has 3 rings (SSSR count). The van der Waals surface area contributed by atoms with Crippen LogP contribution in [0.15, 0.2) is 29.5 Å². The first-order valence-electron chi connectivity index (χ1n) is 6.69. The first kappa shape index (κ1) is 12.8. The number of nitrogens with one attached hydrogen (secondary N) is 1. The molecule has 2 aliphatic heterocycles. The normalized spacial score (nSPS) is 20.8. The number of hydrogen-bond donors (Lipinski definition) is 1. The fourth-order valence-corrected chi connectivity index (χ4v) is 2.90. The van der Waals surface area contributed by atoms with Crippen molar-refractivity contribution in [2.75, 3.05) is 13.1 Å². The van der Waals surface area contributed by atoms with Crippen LogP contribution < -0.4 is 5.43 Å². The highest BCUT2D eigenvalue weighted by Gasteiger charge is 2.50. The Hall–Kier alpha value is -2.24. The highest BCUT2D eigenvalue weighted by Crippen LogP contribution is 2.38. The van der Waals surface area contributed by atoms with Crippen LogP contribution in [0.5, 0.6) is 0 Å². The number of nitrogens with zero attached hydrogens (tertiary/aromatic N) is 3. The van der Waals surface area contributed by atoms with Gasteiger partial charge in [-0.15, -0.1) is 0 Å². The van der Waals surface area contributed by atoms with Crippen LogP contribution in [0.3, 0.4) is 0 Å². The maximum Gasteiger partial charge on any atom is 0.252 e. The molecule has 0 saturated carbocycles. The monoisotopic (exact) mass is 272 g/mol. The number of amides is 2. The first-order chi connectivity index (χ1) is 9.63. The highest BCUT2D eigenvalue weighted by molar-refractivity contribution is 6.19. The molecular formula is C14H16N4O2. The molecule has 20 heavy (non-hydrogen) atoms. The first-order valence-corrected chi connectivity index (χ1v) is 6.69. The fraction of sp³-hybridized carbons (Fsp3) is 0.429. The van der Waals surface area contributed by atoms with Crippen LogP contribution in [0.2, 0.25) is 0 Å². The summed E-state index contributed by atoms with van der Waals surface area (Å²) in [6, 6.07) is 5.57. The zero-order valence-corrected chi connectivity index (χ0v) is 11.3. The Morgan fingerprint density at radius 3 is 2.70 bits per heavy atom. The largest absolute Gasteiger partial charge is 0.343 e. The van der Waals surface area contributed by atoms with Crippen molar-refractivity contribution in [2.45, 2.75) is 19.8 Å². The third-order valence-electron chi connectivity index (χ3n) is 4.13. The topological polar surface area (TPSA) is 74.7 Å². The Morgan fingerprint density at radius 2 is 2.10 bits per heavy atom. The summed E-state index contributed by atoms with van der Waals surface area (Å²) in [5.41, 5.74) is 3.36. The number of carbonyl (C=O) groups is 2. The van der Waals surface area contributed by atoms with Gasteiger partial charge in [0.25, 0.3) is 5.91 Å². The molecule has 104 valence electrons. The van der Waals surface area contributed by atoms with E-state index >= 15 is 0 Å². The fourth-order valence-electron chi connectivity index (χ4n) is 2.90. The summed E-state index contributed by atoms with van der Waals surface area (Å²) >= 11 is 0. The van der Waals surface area contributed by atoms with Crippen molar-refractivity contribution in [1.29, 1.82) is 0 Å². The van der Waals surface area contributed by atoms with Crippen LogP contribution in [-0.4, -0.2) is 40.5 Å². The van der Waals surface area contributed by atoms with Crippen molar-refractivity contribution < 1.29 is 9.59 Å². The van der Waals surface area contributed by atoms with Crippen molar-refractivity contribution in [3.63, 3.8) is 0 Å². The molecule has 0 aromatic carbocycles. The minimum Gasteiger partial charge on any atom is -0.343 e. The number of likely N-dealkylation sites (tertiary alicyclic amines) is 1. The molecule has 0 bridgehead atoms. The summed E-state index contributed by atoms with van der Waals surface area (Å²) in [6.45, 7) is 2.71. The second-order valence-corrected chi connectivity index (χ2v) is 5.20. The Bertz CT molecular complexity index is 574. The zero-order valence-electron chi connectivity index (χ0n) is 11.3. The Kier molecular flexibility index (Phi) is 3.00. The summed E-state index contributed by atoms with van der Waals surface area (Å²) in [6.07, 6.45) is 2.88. The standard InChI is InChI=1S/C14H16N4O2/c1-10(19)18-8-5-14(6-9-18)12(16-17-13(14)20)11-4-2-3-7-15-11/h2-4,7H,5-6,8-9H2,1H3,(H,17,20). The average molecular weight is 272 g/mol. The van der Waals surface area contributed by atoms with E-state index in [1.54, 1.807) is 18.0 Å². The molecule has 1 aromatic rings. The summed E-state index contributed by atoms with van der Waals surface area (Å²) in [5, 5.41) is 4.18. The van der Waals surface area contributed by atoms with Crippen LogP contribution in [0.25, 0.3) is 0 Å². The van der Waals surface area contributed by atoms with Crippen LogP contribution in [-0.2, 0) is 9.59 Å². The second-order valence-electron chi connectivity index (χ2n) is 5.20. The SMILES string of the molecule is CC(=O)N1CCC2(CC1)C(=O)NN=C2c1ccccn1. The molecule has 1 spiro atoms. The van der Waals surface area contributed by atoms with E-state index in [1.165, 1.54) is 0 Å². The zero-order chi connectivity index (χ0) is 14.2. The minimum atomic E-state index is -0.639. The van der Waals surface area contributed by atoms with E-state index < -0.39 is 5.41 Å². The molecule has 1 saturated heterocycles. The number of hydrogen-bond acceptors (Lipinski definition) is 4. The lowest BCUT2D eigenvalue weighted by Crippen LogP contribution is -2.49. The van der Waals surface area contributed by atoms with Gasteiger partial charge >= 0.3 is 0 Å². The number of hydrazone groups is 1. The van der Waals surface area contributed by atoms with Gasteiger partial charge in [-0.3, -0.25) is 14.6 Å². The van der Waals surface area contributed by atoms with Gasteiger partial charge in [0, 0.05) is 26.2 Å². The van der Waals surface area contributed by atoms with Crippen LogP contribution in [0, 0.1) is 5.41 Å². The lowest BCUT2D eigenvalue weighted by Gasteiger charge is -2.37. The van der Waals surface area contributed by atoms with Crippen molar-refractivity contribution in [1.82, 2.24) is 15.3 Å². The van der Waals surface area contributed by atoms with Crippen LogP contribution >= 0.6 is 0 Å². The van der Waals surface area contributed by atoms with Crippen LogP contribution in [0.4, 0.5) is 0 Å². The number of piperidine rings is 1. The molecule has 2 amide bonds. The van der Waals surface area contributed by atoms with E-state index in [4.69, 9.17) is 0 Å². The van der Waals surface area contributed by atoms with E-state index in [9.17, 15) is 9.59 Å². The van der Waals surface area contributed by atoms with Gasteiger partial charge in [0.2, 0.25) is 5.91 Å².